The highest BCUT2D eigenvalue weighted by Crippen LogP contribution is 2.29. The van der Waals surface area contributed by atoms with Crippen molar-refractivity contribution in [1.29, 1.82) is 0 Å². The second-order valence-electron chi connectivity index (χ2n) is 4.77. The van der Waals surface area contributed by atoms with Gasteiger partial charge in [-0.1, -0.05) is 51.3 Å². The first-order chi connectivity index (χ1) is 9.56. The fourth-order valence-corrected chi connectivity index (χ4v) is 3.24. The Bertz CT molecular complexity index is 578. The third-order valence-electron chi connectivity index (χ3n) is 3.42. The van der Waals surface area contributed by atoms with E-state index in [1.807, 2.05) is 23.7 Å². The van der Waals surface area contributed by atoms with Crippen LogP contribution in [-0.4, -0.2) is 15.1 Å². The van der Waals surface area contributed by atoms with Gasteiger partial charge in [0.15, 0.2) is 0 Å². The second-order valence-corrected chi connectivity index (χ2v) is 6.23. The minimum absolute atomic E-state index is 0.353. The van der Waals surface area contributed by atoms with Gasteiger partial charge in [0.25, 0.3) is 0 Å². The monoisotopic (exact) mass is 374 g/mol. The predicted molar refractivity (Wildman–Crippen MR) is 89.3 cm³/mol. The van der Waals surface area contributed by atoms with Crippen LogP contribution in [0.15, 0.2) is 24.3 Å². The first kappa shape index (κ1) is 15.9. The molecule has 0 fully saturated rings. The van der Waals surface area contributed by atoms with Crippen LogP contribution in [0.4, 0.5) is 0 Å². The van der Waals surface area contributed by atoms with E-state index >= 15 is 0 Å². The lowest BCUT2D eigenvalue weighted by Crippen LogP contribution is -2.10. The average molecular weight is 376 g/mol. The number of aryl methyl sites for hydroxylation is 2. The zero-order valence-corrected chi connectivity index (χ0v) is 14.6. The smallest absolute Gasteiger partial charge is 0.0847 e. The maximum Gasteiger partial charge on any atom is 0.0847 e. The van der Waals surface area contributed by atoms with Crippen molar-refractivity contribution in [2.75, 3.05) is 5.33 Å². The molecule has 1 unspecified atom stereocenters. The van der Waals surface area contributed by atoms with Crippen LogP contribution in [0.25, 0.3) is 0 Å². The first-order valence-electron chi connectivity index (χ1n) is 6.60. The number of hydrogen-bond donors (Lipinski definition) is 0. The summed E-state index contributed by atoms with van der Waals surface area (Å²) in [6, 6.07) is 8.00. The van der Waals surface area contributed by atoms with Crippen LogP contribution in [-0.2, 0) is 13.0 Å². The summed E-state index contributed by atoms with van der Waals surface area (Å²) in [5, 5.41) is 6.89. The minimum atomic E-state index is 0.353. The first-order valence-corrected chi connectivity index (χ1v) is 8.47. The molecule has 1 aromatic carbocycles. The van der Waals surface area contributed by atoms with E-state index in [0.717, 1.165) is 39.7 Å². The van der Waals surface area contributed by atoms with E-state index in [4.69, 9.17) is 23.2 Å². The SMILES string of the molecule is CCn1nc(C)c(Cl)c1CC(CBr)c1ccc(Cl)cc1. The highest BCUT2D eigenvalue weighted by molar-refractivity contribution is 9.09. The molecule has 2 aromatic rings. The van der Waals surface area contributed by atoms with Crippen molar-refractivity contribution in [3.05, 3.63) is 51.3 Å². The molecule has 1 aromatic heterocycles. The molecule has 0 aliphatic carbocycles. The van der Waals surface area contributed by atoms with Gasteiger partial charge in [-0.05, 0) is 43.9 Å². The van der Waals surface area contributed by atoms with Crippen molar-refractivity contribution in [3.63, 3.8) is 0 Å². The van der Waals surface area contributed by atoms with Crippen molar-refractivity contribution >= 4 is 39.1 Å². The number of aromatic nitrogens is 2. The van der Waals surface area contributed by atoms with E-state index in [1.54, 1.807) is 0 Å². The van der Waals surface area contributed by atoms with Gasteiger partial charge >= 0.3 is 0 Å². The van der Waals surface area contributed by atoms with E-state index in [2.05, 4.69) is 40.1 Å². The summed E-state index contributed by atoms with van der Waals surface area (Å²) in [4.78, 5) is 0. The molecule has 2 rings (SSSR count). The Balaban J connectivity index is 2.28. The van der Waals surface area contributed by atoms with Crippen LogP contribution >= 0.6 is 39.1 Å². The molecular weight excluding hydrogens is 359 g/mol. The fraction of sp³-hybridized carbons (Fsp3) is 0.400. The fourth-order valence-electron chi connectivity index (χ4n) is 2.29. The van der Waals surface area contributed by atoms with Crippen molar-refractivity contribution in [2.24, 2.45) is 0 Å². The predicted octanol–water partition coefficient (Wildman–Crippen LogP) is 5.24. The Labute approximate surface area is 138 Å². The molecule has 0 N–H and O–H groups in total. The maximum atomic E-state index is 6.39. The lowest BCUT2D eigenvalue weighted by Gasteiger charge is -2.16. The Hall–Kier alpha value is -0.510. The molecule has 20 heavy (non-hydrogen) atoms. The summed E-state index contributed by atoms with van der Waals surface area (Å²) < 4.78 is 1.99. The van der Waals surface area contributed by atoms with E-state index in [-0.39, 0.29) is 0 Å². The Morgan fingerprint density at radius 2 is 1.90 bits per heavy atom. The molecule has 0 bridgehead atoms. The summed E-state index contributed by atoms with van der Waals surface area (Å²) in [6.45, 7) is 4.86. The van der Waals surface area contributed by atoms with Crippen LogP contribution in [0.2, 0.25) is 10.0 Å². The molecule has 5 heteroatoms. The lowest BCUT2D eigenvalue weighted by atomic mass is 9.96. The molecule has 0 aliphatic rings. The molecule has 0 spiro atoms. The number of rotatable bonds is 5. The summed E-state index contributed by atoms with van der Waals surface area (Å²) in [6.07, 6.45) is 0.862. The molecule has 0 saturated heterocycles. The standard InChI is InChI=1S/C15H17BrCl2N2/c1-3-20-14(15(18)10(2)19-20)8-12(9-16)11-4-6-13(17)7-5-11/h4-7,12H,3,8-9H2,1-2H3. The van der Waals surface area contributed by atoms with Gasteiger partial charge in [-0.25, -0.2) is 0 Å². The third kappa shape index (κ3) is 3.38. The Morgan fingerprint density at radius 3 is 2.45 bits per heavy atom. The summed E-state index contributed by atoms with van der Waals surface area (Å²) in [5.74, 6) is 0.353. The zero-order chi connectivity index (χ0) is 14.7. The van der Waals surface area contributed by atoms with E-state index in [0.29, 0.717) is 5.92 Å². The number of alkyl halides is 1. The van der Waals surface area contributed by atoms with E-state index in [9.17, 15) is 0 Å². The van der Waals surface area contributed by atoms with E-state index in [1.165, 1.54) is 5.56 Å². The van der Waals surface area contributed by atoms with Gasteiger partial charge in [-0.3, -0.25) is 4.68 Å². The molecule has 0 saturated carbocycles. The Morgan fingerprint density at radius 1 is 1.25 bits per heavy atom. The topological polar surface area (TPSA) is 17.8 Å². The van der Waals surface area contributed by atoms with Gasteiger partial charge in [0.2, 0.25) is 0 Å². The summed E-state index contributed by atoms with van der Waals surface area (Å²) in [7, 11) is 0. The number of benzene rings is 1. The molecule has 108 valence electrons. The number of nitrogens with zero attached hydrogens (tertiary/aromatic N) is 2. The molecule has 1 heterocycles. The van der Waals surface area contributed by atoms with Crippen LogP contribution in [0.3, 0.4) is 0 Å². The summed E-state index contributed by atoms with van der Waals surface area (Å²) >= 11 is 15.9. The van der Waals surface area contributed by atoms with Gasteiger partial charge in [0.1, 0.15) is 0 Å². The van der Waals surface area contributed by atoms with Crippen LogP contribution in [0.1, 0.15) is 29.8 Å². The van der Waals surface area contributed by atoms with Gasteiger partial charge in [-0.15, -0.1) is 0 Å². The highest BCUT2D eigenvalue weighted by Gasteiger charge is 2.18. The van der Waals surface area contributed by atoms with Crippen molar-refractivity contribution in [2.45, 2.75) is 32.7 Å². The normalized spacial score (nSPS) is 12.7. The minimum Gasteiger partial charge on any atom is -0.268 e. The molecule has 2 nitrogen and oxygen atoms in total. The molecule has 0 amide bonds. The zero-order valence-electron chi connectivity index (χ0n) is 11.5. The quantitative estimate of drug-likeness (QED) is 0.653. The van der Waals surface area contributed by atoms with E-state index < -0.39 is 0 Å². The molecule has 0 aliphatic heterocycles. The van der Waals surface area contributed by atoms with Gasteiger partial charge in [0.05, 0.1) is 16.4 Å². The maximum absolute atomic E-state index is 6.39. The van der Waals surface area contributed by atoms with Gasteiger partial charge in [0, 0.05) is 16.9 Å². The highest BCUT2D eigenvalue weighted by atomic mass is 79.9. The number of halogens is 3. The van der Waals surface area contributed by atoms with Gasteiger partial charge < -0.3 is 0 Å². The molecule has 1 atom stereocenters. The third-order valence-corrected chi connectivity index (χ3v) is 4.95. The van der Waals surface area contributed by atoms with Crippen LogP contribution in [0, 0.1) is 6.92 Å². The van der Waals surface area contributed by atoms with Crippen molar-refractivity contribution in [3.8, 4) is 0 Å². The van der Waals surface area contributed by atoms with Crippen LogP contribution in [0.5, 0.6) is 0 Å². The average Bonchev–Trinajstić information content (AvgIpc) is 2.73. The Kier molecular flexibility index (Phi) is 5.53. The van der Waals surface area contributed by atoms with Crippen molar-refractivity contribution < 1.29 is 0 Å². The van der Waals surface area contributed by atoms with Gasteiger partial charge in [-0.2, -0.15) is 5.10 Å². The second kappa shape index (κ2) is 6.97. The lowest BCUT2D eigenvalue weighted by molar-refractivity contribution is 0.597. The summed E-state index contributed by atoms with van der Waals surface area (Å²) in [5.41, 5.74) is 3.25. The number of hydrogen-bond acceptors (Lipinski definition) is 1. The molecular formula is C15H17BrCl2N2. The van der Waals surface area contributed by atoms with Crippen molar-refractivity contribution in [1.82, 2.24) is 9.78 Å². The molecule has 0 radical (unpaired) electrons. The largest absolute Gasteiger partial charge is 0.268 e. The van der Waals surface area contributed by atoms with Crippen LogP contribution < -0.4 is 0 Å².